The quantitative estimate of drug-likeness (QED) is 0.178. The number of hydrogen-bond acceptors (Lipinski definition) is 8. The SMILES string of the molecule is COc1ccc(N(CC(=O)NCCSCc2cccc(Cl)c2)S(=O)(=O)c2ccccc2[N+](=O)[O-])c(OC)c1. The molecule has 0 spiro atoms. The number of carbonyl (C=O) groups is 1. The van der Waals surface area contributed by atoms with Gasteiger partial charge in [0.15, 0.2) is 4.90 Å². The maximum atomic E-state index is 13.7. The molecule has 0 aromatic heterocycles. The van der Waals surface area contributed by atoms with Crippen molar-refractivity contribution in [2.75, 3.05) is 37.4 Å². The molecule has 0 heterocycles. The van der Waals surface area contributed by atoms with Gasteiger partial charge in [0.1, 0.15) is 18.0 Å². The lowest BCUT2D eigenvalue weighted by molar-refractivity contribution is -0.387. The number of amides is 1. The Morgan fingerprint density at radius 3 is 2.53 bits per heavy atom. The predicted molar refractivity (Wildman–Crippen MR) is 148 cm³/mol. The van der Waals surface area contributed by atoms with Crippen molar-refractivity contribution in [3.8, 4) is 11.5 Å². The van der Waals surface area contributed by atoms with E-state index in [1.807, 2.05) is 18.2 Å². The zero-order valence-corrected chi connectivity index (χ0v) is 23.0. The van der Waals surface area contributed by atoms with E-state index >= 15 is 0 Å². The molecule has 0 fully saturated rings. The molecule has 202 valence electrons. The number of nitro groups is 1. The van der Waals surface area contributed by atoms with Gasteiger partial charge in [-0.3, -0.25) is 19.2 Å². The summed E-state index contributed by atoms with van der Waals surface area (Å²) in [6.45, 7) is -0.348. The van der Waals surface area contributed by atoms with E-state index in [9.17, 15) is 23.3 Å². The number of benzene rings is 3. The fourth-order valence-corrected chi connectivity index (χ4v) is 6.11. The van der Waals surface area contributed by atoms with Gasteiger partial charge < -0.3 is 14.8 Å². The van der Waals surface area contributed by atoms with Gasteiger partial charge in [-0.2, -0.15) is 11.8 Å². The Bertz CT molecular complexity index is 1400. The molecular weight excluding hydrogens is 554 g/mol. The van der Waals surface area contributed by atoms with Gasteiger partial charge in [-0.05, 0) is 35.9 Å². The topological polar surface area (TPSA) is 128 Å². The van der Waals surface area contributed by atoms with Crippen molar-refractivity contribution >= 4 is 50.7 Å². The summed E-state index contributed by atoms with van der Waals surface area (Å²) < 4.78 is 38.8. The number of methoxy groups -OCH3 is 2. The average Bonchev–Trinajstić information content (AvgIpc) is 2.91. The van der Waals surface area contributed by atoms with Crippen LogP contribution in [0.2, 0.25) is 5.02 Å². The maximum Gasteiger partial charge on any atom is 0.289 e. The number of halogens is 1. The molecular formula is C25H26ClN3O7S2. The lowest BCUT2D eigenvalue weighted by Gasteiger charge is -2.25. The third-order valence-electron chi connectivity index (χ3n) is 5.30. The Kier molecular flexibility index (Phi) is 10.2. The molecule has 1 N–H and O–H groups in total. The monoisotopic (exact) mass is 579 g/mol. The summed E-state index contributed by atoms with van der Waals surface area (Å²) >= 11 is 7.57. The van der Waals surface area contributed by atoms with Crippen molar-refractivity contribution in [1.29, 1.82) is 0 Å². The molecule has 0 aliphatic heterocycles. The van der Waals surface area contributed by atoms with E-state index in [1.165, 1.54) is 44.6 Å². The van der Waals surface area contributed by atoms with E-state index in [2.05, 4.69) is 5.32 Å². The largest absolute Gasteiger partial charge is 0.497 e. The maximum absolute atomic E-state index is 13.7. The first kappa shape index (κ1) is 29.1. The van der Waals surface area contributed by atoms with E-state index in [-0.39, 0.29) is 18.0 Å². The Balaban J connectivity index is 1.82. The Morgan fingerprint density at radius 2 is 1.84 bits per heavy atom. The van der Waals surface area contributed by atoms with Crippen LogP contribution in [0.1, 0.15) is 5.56 Å². The Hall–Kier alpha value is -3.48. The van der Waals surface area contributed by atoms with Crippen LogP contribution in [0.5, 0.6) is 11.5 Å². The fraction of sp³-hybridized carbons (Fsp3) is 0.240. The minimum atomic E-state index is -4.56. The van der Waals surface area contributed by atoms with Crippen LogP contribution >= 0.6 is 23.4 Å². The number of thioether (sulfide) groups is 1. The number of para-hydroxylation sites is 1. The highest BCUT2D eigenvalue weighted by Gasteiger charge is 2.34. The minimum absolute atomic E-state index is 0.0249. The molecule has 0 atom stereocenters. The van der Waals surface area contributed by atoms with E-state index < -0.39 is 38.0 Å². The van der Waals surface area contributed by atoms with Gasteiger partial charge in [0.05, 0.1) is 24.8 Å². The van der Waals surface area contributed by atoms with Gasteiger partial charge in [0.25, 0.3) is 15.7 Å². The van der Waals surface area contributed by atoms with Gasteiger partial charge in [-0.25, -0.2) is 8.42 Å². The van der Waals surface area contributed by atoms with E-state index in [0.29, 0.717) is 22.3 Å². The van der Waals surface area contributed by atoms with Crippen LogP contribution in [0, 0.1) is 10.1 Å². The Labute approximate surface area is 230 Å². The molecule has 0 aliphatic carbocycles. The molecule has 38 heavy (non-hydrogen) atoms. The number of nitrogens with zero attached hydrogens (tertiary/aromatic N) is 2. The highest BCUT2D eigenvalue weighted by molar-refractivity contribution is 7.98. The molecule has 10 nitrogen and oxygen atoms in total. The third kappa shape index (κ3) is 7.30. The zero-order valence-electron chi connectivity index (χ0n) is 20.6. The first-order chi connectivity index (χ1) is 18.2. The van der Waals surface area contributed by atoms with Crippen LogP contribution in [0.3, 0.4) is 0 Å². The van der Waals surface area contributed by atoms with Crippen LogP contribution in [0.25, 0.3) is 0 Å². The van der Waals surface area contributed by atoms with E-state index in [1.54, 1.807) is 17.8 Å². The van der Waals surface area contributed by atoms with Crippen LogP contribution in [0.15, 0.2) is 71.6 Å². The molecule has 0 aliphatic rings. The number of anilines is 1. The van der Waals surface area contributed by atoms with Crippen molar-refractivity contribution in [1.82, 2.24) is 5.32 Å². The molecule has 1 amide bonds. The number of ether oxygens (including phenoxy) is 2. The van der Waals surface area contributed by atoms with Crippen molar-refractivity contribution in [3.05, 3.63) is 87.4 Å². The van der Waals surface area contributed by atoms with Crippen molar-refractivity contribution in [2.45, 2.75) is 10.6 Å². The smallest absolute Gasteiger partial charge is 0.289 e. The lowest BCUT2D eigenvalue weighted by atomic mass is 10.2. The van der Waals surface area contributed by atoms with Gasteiger partial charge in [-0.15, -0.1) is 0 Å². The van der Waals surface area contributed by atoms with Crippen molar-refractivity contribution < 1.29 is 27.6 Å². The number of sulfonamides is 1. The predicted octanol–water partition coefficient (Wildman–Crippen LogP) is 4.51. The molecule has 3 aromatic rings. The molecule has 0 unspecified atom stereocenters. The minimum Gasteiger partial charge on any atom is -0.497 e. The summed E-state index contributed by atoms with van der Waals surface area (Å²) in [6, 6.07) is 16.8. The van der Waals surface area contributed by atoms with Gasteiger partial charge in [-0.1, -0.05) is 35.9 Å². The van der Waals surface area contributed by atoms with Crippen LogP contribution in [0.4, 0.5) is 11.4 Å². The van der Waals surface area contributed by atoms with Gasteiger partial charge in [0.2, 0.25) is 5.91 Å². The number of rotatable bonds is 13. The first-order valence-corrected chi connectivity index (χ1v) is 14.2. The second-order valence-corrected chi connectivity index (χ2v) is 11.2. The van der Waals surface area contributed by atoms with E-state index in [0.717, 1.165) is 22.0 Å². The van der Waals surface area contributed by atoms with Crippen LogP contribution < -0.4 is 19.1 Å². The second-order valence-electron chi connectivity index (χ2n) is 7.81. The van der Waals surface area contributed by atoms with Crippen LogP contribution in [-0.4, -0.2) is 52.3 Å². The summed E-state index contributed by atoms with van der Waals surface area (Å²) in [7, 11) is -1.78. The zero-order chi connectivity index (χ0) is 27.7. The molecule has 0 saturated heterocycles. The average molecular weight is 580 g/mol. The Morgan fingerprint density at radius 1 is 1.08 bits per heavy atom. The number of hydrogen-bond donors (Lipinski definition) is 1. The molecule has 3 rings (SSSR count). The summed E-state index contributed by atoms with van der Waals surface area (Å²) in [5.41, 5.74) is 0.460. The summed E-state index contributed by atoms with van der Waals surface area (Å²) in [5, 5.41) is 14.9. The standard InChI is InChI=1S/C25H26ClN3O7S2/c1-35-20-10-11-21(23(15-20)36-2)28(38(33,34)24-9-4-3-8-22(24)29(31)32)16-25(30)27-12-13-37-17-18-6-5-7-19(26)14-18/h3-11,14-15H,12-13,16-17H2,1-2H3,(H,27,30). The van der Waals surface area contributed by atoms with Gasteiger partial charge in [0, 0.05) is 35.2 Å². The first-order valence-electron chi connectivity index (χ1n) is 11.2. The van der Waals surface area contributed by atoms with Crippen molar-refractivity contribution in [2.24, 2.45) is 0 Å². The molecule has 3 aromatic carbocycles. The number of nitro benzene ring substituents is 1. The van der Waals surface area contributed by atoms with Crippen molar-refractivity contribution in [3.63, 3.8) is 0 Å². The highest BCUT2D eigenvalue weighted by Crippen LogP contribution is 2.37. The summed E-state index contributed by atoms with van der Waals surface area (Å²) in [5.74, 6) is 1.18. The van der Waals surface area contributed by atoms with Gasteiger partial charge >= 0.3 is 0 Å². The highest BCUT2D eigenvalue weighted by atomic mass is 35.5. The molecule has 0 radical (unpaired) electrons. The van der Waals surface area contributed by atoms with Crippen LogP contribution in [-0.2, 0) is 20.6 Å². The second kappa shape index (κ2) is 13.4. The number of carbonyl (C=O) groups excluding carboxylic acids is 1. The third-order valence-corrected chi connectivity index (χ3v) is 8.37. The molecule has 13 heteroatoms. The number of nitrogens with one attached hydrogen (secondary N) is 1. The molecule has 0 bridgehead atoms. The lowest BCUT2D eigenvalue weighted by Crippen LogP contribution is -2.41. The summed E-state index contributed by atoms with van der Waals surface area (Å²) in [4.78, 5) is 23.1. The summed E-state index contributed by atoms with van der Waals surface area (Å²) in [6.07, 6.45) is 0. The normalized spacial score (nSPS) is 11.0. The van der Waals surface area contributed by atoms with E-state index in [4.69, 9.17) is 21.1 Å². The molecule has 0 saturated carbocycles. The fourth-order valence-electron chi connectivity index (χ4n) is 3.50.